The van der Waals surface area contributed by atoms with Crippen LogP contribution in [0.25, 0.3) is 0 Å². The highest BCUT2D eigenvalue weighted by Gasteiger charge is 2.36. The molecule has 134 valence electrons. The molecule has 0 saturated heterocycles. The normalized spacial score (nSPS) is 26.5. The van der Waals surface area contributed by atoms with Crippen LogP contribution in [-0.4, -0.2) is 26.7 Å². The van der Waals surface area contributed by atoms with Gasteiger partial charge < -0.3 is 14.9 Å². The molecule has 0 unspecified atom stereocenters. The summed E-state index contributed by atoms with van der Waals surface area (Å²) in [6, 6.07) is 2.27. The molecule has 3 saturated carbocycles. The third kappa shape index (κ3) is 5.84. The van der Waals surface area contributed by atoms with E-state index in [0.717, 1.165) is 18.1 Å². The molecule has 0 radical (unpaired) electrons. The summed E-state index contributed by atoms with van der Waals surface area (Å²) in [5.41, 5.74) is 0. The van der Waals surface area contributed by atoms with Crippen LogP contribution in [0.5, 0.6) is 0 Å². The summed E-state index contributed by atoms with van der Waals surface area (Å²) in [5, 5.41) is 0. The smallest absolute Gasteiger partial charge is 0.278 e. The van der Waals surface area contributed by atoms with Crippen molar-refractivity contribution in [3.05, 3.63) is 0 Å². The molecule has 0 amide bonds. The zero-order valence-corrected chi connectivity index (χ0v) is 16.3. The number of hydrogen-bond donors (Lipinski definition) is 3. The summed E-state index contributed by atoms with van der Waals surface area (Å²) in [6.45, 7) is 2.52. The minimum atomic E-state index is -1.76. The van der Waals surface area contributed by atoms with Gasteiger partial charge in [-0.05, 0) is 45.1 Å². The maximum absolute atomic E-state index is 4.14. The van der Waals surface area contributed by atoms with Gasteiger partial charge in [-0.1, -0.05) is 57.8 Å². The Morgan fingerprint density at radius 3 is 1.00 bits per heavy atom. The van der Waals surface area contributed by atoms with Gasteiger partial charge in [-0.3, -0.25) is 0 Å². The van der Waals surface area contributed by atoms with E-state index in [1.807, 2.05) is 0 Å². The first-order chi connectivity index (χ1) is 11.2. The molecule has 3 aliphatic rings. The van der Waals surface area contributed by atoms with Crippen LogP contribution in [0.3, 0.4) is 0 Å². The minimum absolute atomic E-state index is 0.757. The van der Waals surface area contributed by atoms with E-state index < -0.39 is 8.56 Å². The maximum Gasteiger partial charge on any atom is 0.278 e. The Labute approximate surface area is 145 Å². The van der Waals surface area contributed by atoms with Crippen LogP contribution in [0, 0.1) is 0 Å². The molecule has 0 atom stereocenters. The first-order valence-corrected chi connectivity index (χ1v) is 13.1. The Balaban J connectivity index is 1.59. The van der Waals surface area contributed by atoms with Crippen molar-refractivity contribution in [2.24, 2.45) is 0 Å². The van der Waals surface area contributed by atoms with Crippen LogP contribution in [0.2, 0.25) is 6.55 Å². The standard InChI is InChI=1S/C19H39N3Si/c1-23(20-17-11-5-2-6-12-17,21-18-13-7-3-8-14-18)22-19-15-9-4-10-16-19/h17-22H,2-16H2,1H3. The summed E-state index contributed by atoms with van der Waals surface area (Å²) in [4.78, 5) is 12.4. The topological polar surface area (TPSA) is 36.1 Å². The van der Waals surface area contributed by atoms with Gasteiger partial charge in [0.25, 0.3) is 8.56 Å². The van der Waals surface area contributed by atoms with Gasteiger partial charge in [-0.15, -0.1) is 0 Å². The second-order valence-corrected chi connectivity index (χ2v) is 11.7. The summed E-state index contributed by atoms with van der Waals surface area (Å²) in [5.74, 6) is 0. The van der Waals surface area contributed by atoms with Gasteiger partial charge in [0, 0.05) is 18.1 Å². The third-order valence-electron chi connectivity index (χ3n) is 6.29. The molecule has 3 nitrogen and oxygen atoms in total. The van der Waals surface area contributed by atoms with Gasteiger partial charge in [0.2, 0.25) is 0 Å². The quantitative estimate of drug-likeness (QED) is 0.632. The summed E-state index contributed by atoms with van der Waals surface area (Å²) in [6.07, 6.45) is 21.2. The molecular formula is C19H39N3Si. The Hall–Kier alpha value is 0.0969. The van der Waals surface area contributed by atoms with Crippen LogP contribution >= 0.6 is 0 Å². The molecule has 3 aliphatic carbocycles. The van der Waals surface area contributed by atoms with E-state index >= 15 is 0 Å². The molecule has 4 heteroatoms. The van der Waals surface area contributed by atoms with Crippen molar-refractivity contribution < 1.29 is 0 Å². The number of rotatable bonds is 6. The predicted molar refractivity (Wildman–Crippen MR) is 102 cm³/mol. The second kappa shape index (κ2) is 8.98. The molecule has 0 aliphatic heterocycles. The van der Waals surface area contributed by atoms with Crippen molar-refractivity contribution in [1.82, 2.24) is 14.9 Å². The van der Waals surface area contributed by atoms with Gasteiger partial charge in [0.1, 0.15) is 0 Å². The number of hydrogen-bond acceptors (Lipinski definition) is 3. The first-order valence-electron chi connectivity index (χ1n) is 10.6. The van der Waals surface area contributed by atoms with Crippen molar-refractivity contribution >= 4 is 8.56 Å². The fraction of sp³-hybridized carbons (Fsp3) is 1.00. The molecule has 3 N–H and O–H groups in total. The Morgan fingerprint density at radius 2 is 0.739 bits per heavy atom. The maximum atomic E-state index is 4.14. The van der Waals surface area contributed by atoms with Crippen LogP contribution in [0.15, 0.2) is 0 Å². The average molecular weight is 338 g/mol. The molecule has 0 spiro atoms. The lowest BCUT2D eigenvalue weighted by Gasteiger charge is -2.42. The second-order valence-electron chi connectivity index (χ2n) is 8.56. The fourth-order valence-corrected chi connectivity index (χ4v) is 8.66. The van der Waals surface area contributed by atoms with Crippen LogP contribution in [0.4, 0.5) is 0 Å². The summed E-state index contributed by atoms with van der Waals surface area (Å²) < 4.78 is 0. The Morgan fingerprint density at radius 1 is 0.478 bits per heavy atom. The molecule has 0 aromatic carbocycles. The van der Waals surface area contributed by atoms with Crippen LogP contribution in [0.1, 0.15) is 96.3 Å². The van der Waals surface area contributed by atoms with Gasteiger partial charge in [-0.2, -0.15) is 0 Å². The van der Waals surface area contributed by atoms with E-state index in [-0.39, 0.29) is 0 Å². The van der Waals surface area contributed by atoms with E-state index in [1.165, 1.54) is 96.3 Å². The van der Waals surface area contributed by atoms with E-state index in [4.69, 9.17) is 0 Å². The lowest BCUT2D eigenvalue weighted by molar-refractivity contribution is 0.367. The van der Waals surface area contributed by atoms with Crippen molar-refractivity contribution in [2.75, 3.05) is 0 Å². The first kappa shape index (κ1) is 17.9. The molecule has 0 aromatic rings. The molecule has 3 rings (SSSR count). The lowest BCUT2D eigenvalue weighted by atomic mass is 9.96. The molecule has 0 bridgehead atoms. The predicted octanol–water partition coefficient (Wildman–Crippen LogP) is 4.32. The summed E-state index contributed by atoms with van der Waals surface area (Å²) in [7, 11) is -1.76. The largest absolute Gasteiger partial charge is 0.311 e. The Bertz CT molecular complexity index is 281. The van der Waals surface area contributed by atoms with Gasteiger partial charge >= 0.3 is 0 Å². The average Bonchev–Trinajstić information content (AvgIpc) is 2.57. The lowest BCUT2D eigenvalue weighted by Crippen LogP contribution is -2.76. The third-order valence-corrected chi connectivity index (χ3v) is 9.25. The van der Waals surface area contributed by atoms with E-state index in [2.05, 4.69) is 21.5 Å². The monoisotopic (exact) mass is 337 g/mol. The highest BCUT2D eigenvalue weighted by Crippen LogP contribution is 2.23. The van der Waals surface area contributed by atoms with Crippen molar-refractivity contribution in [3.8, 4) is 0 Å². The fourth-order valence-electron chi connectivity index (χ4n) is 5.09. The van der Waals surface area contributed by atoms with E-state index in [0.29, 0.717) is 0 Å². The minimum Gasteiger partial charge on any atom is -0.311 e. The van der Waals surface area contributed by atoms with Gasteiger partial charge in [-0.25, -0.2) is 0 Å². The van der Waals surface area contributed by atoms with Crippen molar-refractivity contribution in [2.45, 2.75) is 121 Å². The summed E-state index contributed by atoms with van der Waals surface area (Å²) >= 11 is 0. The zero-order valence-electron chi connectivity index (χ0n) is 15.3. The van der Waals surface area contributed by atoms with Crippen molar-refractivity contribution in [1.29, 1.82) is 0 Å². The molecular weight excluding hydrogens is 298 g/mol. The Kier molecular flexibility index (Phi) is 6.99. The molecule has 0 aromatic heterocycles. The molecule has 23 heavy (non-hydrogen) atoms. The van der Waals surface area contributed by atoms with Gasteiger partial charge in [0.05, 0.1) is 0 Å². The highest BCUT2D eigenvalue weighted by molar-refractivity contribution is 6.71. The van der Waals surface area contributed by atoms with Crippen LogP contribution < -0.4 is 14.9 Å². The SMILES string of the molecule is C[Si](NC1CCCCC1)(NC1CCCCC1)NC1CCCCC1. The highest BCUT2D eigenvalue weighted by atomic mass is 28.4. The molecule has 3 fully saturated rings. The van der Waals surface area contributed by atoms with Crippen molar-refractivity contribution in [3.63, 3.8) is 0 Å². The number of nitrogens with one attached hydrogen (secondary N) is 3. The van der Waals surface area contributed by atoms with E-state index in [1.54, 1.807) is 0 Å². The van der Waals surface area contributed by atoms with Crippen LogP contribution in [-0.2, 0) is 0 Å². The zero-order chi connectivity index (χ0) is 16.0. The molecule has 0 heterocycles. The van der Waals surface area contributed by atoms with E-state index in [9.17, 15) is 0 Å². The van der Waals surface area contributed by atoms with Gasteiger partial charge in [0.15, 0.2) is 0 Å².